The van der Waals surface area contributed by atoms with Gasteiger partial charge in [-0.25, -0.2) is 4.39 Å². The van der Waals surface area contributed by atoms with E-state index in [1.165, 1.54) is 12.2 Å². The molecule has 0 heterocycles. The zero-order valence-corrected chi connectivity index (χ0v) is 6.96. The lowest BCUT2D eigenvalue weighted by Crippen LogP contribution is -2.23. The SMILES string of the molecule is CC1C(Cl)=CC=CC1(F)Cl. The van der Waals surface area contributed by atoms with E-state index in [4.69, 9.17) is 23.2 Å². The minimum atomic E-state index is -1.80. The third-order valence-corrected chi connectivity index (χ3v) is 2.47. The van der Waals surface area contributed by atoms with Crippen LogP contribution in [0.25, 0.3) is 0 Å². The van der Waals surface area contributed by atoms with Crippen molar-refractivity contribution < 1.29 is 4.39 Å². The van der Waals surface area contributed by atoms with Gasteiger partial charge in [0.05, 0.1) is 0 Å². The summed E-state index contributed by atoms with van der Waals surface area (Å²) in [5.74, 6) is -0.444. The Hall–Kier alpha value is -0.0100. The van der Waals surface area contributed by atoms with Crippen LogP contribution in [0.15, 0.2) is 23.3 Å². The van der Waals surface area contributed by atoms with Crippen LogP contribution in [0, 0.1) is 5.92 Å². The van der Waals surface area contributed by atoms with E-state index < -0.39 is 11.0 Å². The first-order valence-corrected chi connectivity index (χ1v) is 3.72. The van der Waals surface area contributed by atoms with Gasteiger partial charge in [0.15, 0.2) is 0 Å². The summed E-state index contributed by atoms with van der Waals surface area (Å²) in [5.41, 5.74) is 0. The van der Waals surface area contributed by atoms with Crippen LogP contribution in [0.5, 0.6) is 0 Å². The van der Waals surface area contributed by atoms with Gasteiger partial charge < -0.3 is 0 Å². The van der Waals surface area contributed by atoms with E-state index in [-0.39, 0.29) is 0 Å². The second-order valence-electron chi connectivity index (χ2n) is 2.31. The van der Waals surface area contributed by atoms with Gasteiger partial charge in [-0.3, -0.25) is 0 Å². The van der Waals surface area contributed by atoms with Gasteiger partial charge in [-0.1, -0.05) is 36.2 Å². The maximum atomic E-state index is 13.1. The molecule has 0 bridgehead atoms. The Morgan fingerprint density at radius 1 is 1.70 bits per heavy atom. The molecule has 0 spiro atoms. The number of halogens is 3. The molecule has 1 aliphatic rings. The van der Waals surface area contributed by atoms with E-state index in [0.29, 0.717) is 5.03 Å². The Labute approximate surface area is 69.3 Å². The molecule has 2 unspecified atom stereocenters. The fourth-order valence-electron chi connectivity index (χ4n) is 0.741. The molecule has 1 rings (SSSR count). The van der Waals surface area contributed by atoms with Crippen LogP contribution in [0.2, 0.25) is 0 Å². The summed E-state index contributed by atoms with van der Waals surface area (Å²) >= 11 is 11.1. The lowest BCUT2D eigenvalue weighted by atomic mass is 10.0. The fraction of sp³-hybridized carbons (Fsp3) is 0.429. The van der Waals surface area contributed by atoms with Crippen molar-refractivity contribution in [1.82, 2.24) is 0 Å². The summed E-state index contributed by atoms with van der Waals surface area (Å²) in [5, 5.41) is -1.34. The topological polar surface area (TPSA) is 0 Å². The zero-order valence-electron chi connectivity index (χ0n) is 5.44. The highest BCUT2D eigenvalue weighted by Crippen LogP contribution is 2.38. The fourth-order valence-corrected chi connectivity index (χ4v) is 1.22. The first kappa shape index (κ1) is 8.09. The van der Waals surface area contributed by atoms with Crippen molar-refractivity contribution in [1.29, 1.82) is 0 Å². The Bertz CT molecular complexity index is 194. The first-order valence-electron chi connectivity index (χ1n) is 2.97. The normalized spacial score (nSPS) is 39.6. The Balaban J connectivity index is 2.89. The van der Waals surface area contributed by atoms with Crippen molar-refractivity contribution >= 4 is 23.2 Å². The molecule has 0 saturated carbocycles. The molecular weight excluding hydrogens is 174 g/mol. The summed E-state index contributed by atoms with van der Waals surface area (Å²) < 4.78 is 13.1. The van der Waals surface area contributed by atoms with Gasteiger partial charge in [0.2, 0.25) is 5.13 Å². The summed E-state index contributed by atoms with van der Waals surface area (Å²) in [7, 11) is 0. The molecule has 0 aromatic heterocycles. The number of alkyl halides is 2. The predicted octanol–water partition coefficient (Wildman–Crippen LogP) is 3.22. The first-order chi connectivity index (χ1) is 4.54. The molecule has 56 valence electrons. The van der Waals surface area contributed by atoms with E-state index in [9.17, 15) is 4.39 Å². The van der Waals surface area contributed by atoms with Crippen molar-refractivity contribution in [3.63, 3.8) is 0 Å². The van der Waals surface area contributed by atoms with Crippen molar-refractivity contribution in [2.45, 2.75) is 12.1 Å². The molecule has 0 fully saturated rings. The molecule has 0 radical (unpaired) electrons. The van der Waals surface area contributed by atoms with Gasteiger partial charge in [-0.15, -0.1) is 0 Å². The van der Waals surface area contributed by atoms with Crippen LogP contribution in [0.4, 0.5) is 4.39 Å². The second kappa shape index (κ2) is 2.55. The molecule has 0 nitrogen and oxygen atoms in total. The largest absolute Gasteiger partial charge is 0.221 e. The van der Waals surface area contributed by atoms with Crippen molar-refractivity contribution in [2.75, 3.05) is 0 Å². The quantitative estimate of drug-likeness (QED) is 0.503. The highest BCUT2D eigenvalue weighted by molar-refractivity contribution is 6.32. The Morgan fingerprint density at radius 3 is 2.70 bits per heavy atom. The number of hydrogen-bond acceptors (Lipinski definition) is 0. The maximum Gasteiger partial charge on any atom is 0.209 e. The van der Waals surface area contributed by atoms with Crippen molar-refractivity contribution in [2.24, 2.45) is 5.92 Å². The van der Waals surface area contributed by atoms with E-state index >= 15 is 0 Å². The molecular formula is C7H7Cl2F. The second-order valence-corrected chi connectivity index (χ2v) is 3.32. The van der Waals surface area contributed by atoms with E-state index in [1.54, 1.807) is 13.0 Å². The molecule has 0 aromatic carbocycles. The lowest BCUT2D eigenvalue weighted by Gasteiger charge is -2.23. The van der Waals surface area contributed by atoms with Crippen molar-refractivity contribution in [3.8, 4) is 0 Å². The van der Waals surface area contributed by atoms with Crippen LogP contribution < -0.4 is 0 Å². The van der Waals surface area contributed by atoms with E-state index in [0.717, 1.165) is 0 Å². The third-order valence-electron chi connectivity index (χ3n) is 1.56. The Kier molecular flexibility index (Phi) is 2.07. The highest BCUT2D eigenvalue weighted by Gasteiger charge is 2.34. The molecule has 0 aromatic rings. The zero-order chi connectivity index (χ0) is 7.78. The average Bonchev–Trinajstić information content (AvgIpc) is 1.83. The summed E-state index contributed by atoms with van der Waals surface area (Å²) in [4.78, 5) is 0. The summed E-state index contributed by atoms with van der Waals surface area (Å²) in [6, 6.07) is 0. The molecule has 2 atom stereocenters. The monoisotopic (exact) mass is 180 g/mol. The van der Waals surface area contributed by atoms with Crippen molar-refractivity contribution in [3.05, 3.63) is 23.3 Å². The molecule has 0 saturated heterocycles. The maximum absolute atomic E-state index is 13.1. The van der Waals surface area contributed by atoms with Crippen LogP contribution in [0.1, 0.15) is 6.92 Å². The highest BCUT2D eigenvalue weighted by atomic mass is 35.5. The van der Waals surface area contributed by atoms with Crippen LogP contribution in [-0.4, -0.2) is 5.13 Å². The molecule has 3 heteroatoms. The number of hydrogen-bond donors (Lipinski definition) is 0. The third kappa shape index (κ3) is 1.35. The van der Waals surface area contributed by atoms with E-state index in [2.05, 4.69) is 0 Å². The molecule has 0 amide bonds. The molecule has 0 aliphatic heterocycles. The molecule has 1 aliphatic carbocycles. The van der Waals surface area contributed by atoms with Gasteiger partial charge in [0.1, 0.15) is 0 Å². The lowest BCUT2D eigenvalue weighted by molar-refractivity contribution is 0.278. The minimum Gasteiger partial charge on any atom is -0.221 e. The van der Waals surface area contributed by atoms with Crippen LogP contribution >= 0.6 is 23.2 Å². The summed E-state index contributed by atoms with van der Waals surface area (Å²) in [6.45, 7) is 1.65. The number of rotatable bonds is 0. The van der Waals surface area contributed by atoms with Gasteiger partial charge in [0, 0.05) is 11.0 Å². The minimum absolute atomic E-state index is 0.444. The average molecular weight is 181 g/mol. The standard InChI is InChI=1S/C7H7Cl2F/c1-5-6(8)3-2-4-7(5,9)10/h2-5H,1H3. The van der Waals surface area contributed by atoms with Gasteiger partial charge >= 0.3 is 0 Å². The van der Waals surface area contributed by atoms with Gasteiger partial charge in [0.25, 0.3) is 0 Å². The Morgan fingerprint density at radius 2 is 2.30 bits per heavy atom. The van der Waals surface area contributed by atoms with E-state index in [1.807, 2.05) is 0 Å². The predicted molar refractivity (Wildman–Crippen MR) is 41.9 cm³/mol. The summed E-state index contributed by atoms with van der Waals surface area (Å²) in [6.07, 6.45) is 4.47. The van der Waals surface area contributed by atoms with Crippen LogP contribution in [0.3, 0.4) is 0 Å². The van der Waals surface area contributed by atoms with Crippen LogP contribution in [-0.2, 0) is 0 Å². The number of allylic oxidation sites excluding steroid dienone is 4. The molecule has 10 heavy (non-hydrogen) atoms. The smallest absolute Gasteiger partial charge is 0.209 e. The van der Waals surface area contributed by atoms with Gasteiger partial charge in [-0.05, 0) is 12.2 Å². The van der Waals surface area contributed by atoms with Gasteiger partial charge in [-0.2, -0.15) is 0 Å². The molecule has 0 N–H and O–H groups in total.